The summed E-state index contributed by atoms with van der Waals surface area (Å²) in [5, 5.41) is 4.65. The zero-order valence-corrected chi connectivity index (χ0v) is 22.6. The van der Waals surface area contributed by atoms with E-state index in [9.17, 15) is 0 Å². The first-order valence-corrected chi connectivity index (χ1v) is 10.7. The average molecular weight is 563 g/mol. The van der Waals surface area contributed by atoms with E-state index in [0.29, 0.717) is 6.54 Å². The largest absolute Gasteiger partial charge is 0.493 e. The summed E-state index contributed by atoms with van der Waals surface area (Å²) in [6.07, 6.45) is 0.862. The van der Waals surface area contributed by atoms with Crippen LogP contribution in [0.3, 0.4) is 0 Å². The Balaban J connectivity index is 0.00000385. The van der Waals surface area contributed by atoms with Crippen molar-refractivity contribution in [2.75, 3.05) is 53.9 Å². The SMILES string of the molecule is CN=C(NCc1cc(N(C)C)nc2ccccc12)N(C)CCc1ccc(OC)c(OC)c1.I. The molecular formula is C25H34IN5O2. The minimum absolute atomic E-state index is 0. The van der Waals surface area contributed by atoms with Crippen LogP contribution in [-0.4, -0.2) is 64.8 Å². The highest BCUT2D eigenvalue weighted by Gasteiger charge is 2.11. The van der Waals surface area contributed by atoms with Gasteiger partial charge in [-0.3, -0.25) is 4.99 Å². The van der Waals surface area contributed by atoms with Crippen LogP contribution in [0.2, 0.25) is 0 Å². The molecule has 0 unspecified atom stereocenters. The molecule has 2 aromatic carbocycles. The van der Waals surface area contributed by atoms with Crippen LogP contribution in [0.15, 0.2) is 53.5 Å². The number of para-hydroxylation sites is 1. The molecule has 0 fully saturated rings. The molecule has 0 spiro atoms. The van der Waals surface area contributed by atoms with E-state index in [0.717, 1.165) is 47.1 Å². The maximum Gasteiger partial charge on any atom is 0.193 e. The lowest BCUT2D eigenvalue weighted by molar-refractivity contribution is 0.354. The molecule has 0 radical (unpaired) electrons. The normalized spacial score (nSPS) is 11.0. The Morgan fingerprint density at radius 3 is 2.39 bits per heavy atom. The average Bonchev–Trinajstić information content (AvgIpc) is 2.82. The monoisotopic (exact) mass is 563 g/mol. The number of likely N-dealkylation sites (N-methyl/N-ethyl adjacent to an activating group) is 1. The number of nitrogens with one attached hydrogen (secondary N) is 1. The van der Waals surface area contributed by atoms with Crippen LogP contribution in [0.1, 0.15) is 11.1 Å². The highest BCUT2D eigenvalue weighted by atomic mass is 127. The lowest BCUT2D eigenvalue weighted by Crippen LogP contribution is -2.39. The molecule has 0 saturated carbocycles. The van der Waals surface area contributed by atoms with Crippen LogP contribution < -0.4 is 19.7 Å². The van der Waals surface area contributed by atoms with E-state index in [2.05, 4.69) is 39.5 Å². The second-order valence-electron chi connectivity index (χ2n) is 7.81. The zero-order chi connectivity index (χ0) is 23.1. The molecule has 1 heterocycles. The van der Waals surface area contributed by atoms with Gasteiger partial charge in [-0.2, -0.15) is 0 Å². The third-order valence-corrected chi connectivity index (χ3v) is 5.44. The van der Waals surface area contributed by atoms with Gasteiger partial charge in [0, 0.05) is 46.7 Å². The number of hydrogen-bond donors (Lipinski definition) is 1. The molecule has 0 amide bonds. The van der Waals surface area contributed by atoms with Gasteiger partial charge in [0.25, 0.3) is 0 Å². The second-order valence-corrected chi connectivity index (χ2v) is 7.81. The summed E-state index contributed by atoms with van der Waals surface area (Å²) in [7, 11) is 11.2. The number of anilines is 1. The molecule has 1 aromatic heterocycles. The fourth-order valence-corrected chi connectivity index (χ4v) is 3.61. The zero-order valence-electron chi connectivity index (χ0n) is 20.3. The fraction of sp³-hybridized carbons (Fsp3) is 0.360. The highest BCUT2D eigenvalue weighted by Crippen LogP contribution is 2.27. The van der Waals surface area contributed by atoms with Gasteiger partial charge in [0.05, 0.1) is 19.7 Å². The van der Waals surface area contributed by atoms with E-state index in [4.69, 9.17) is 14.5 Å². The summed E-state index contributed by atoms with van der Waals surface area (Å²) in [5.41, 5.74) is 3.36. The minimum Gasteiger partial charge on any atom is -0.493 e. The first kappa shape index (κ1) is 26.5. The van der Waals surface area contributed by atoms with Gasteiger partial charge in [0.15, 0.2) is 17.5 Å². The molecule has 3 aromatic rings. The minimum atomic E-state index is 0. The maximum atomic E-state index is 5.42. The van der Waals surface area contributed by atoms with Crippen molar-refractivity contribution in [1.82, 2.24) is 15.2 Å². The van der Waals surface area contributed by atoms with Gasteiger partial charge < -0.3 is 24.6 Å². The molecular weight excluding hydrogens is 529 g/mol. The van der Waals surface area contributed by atoms with Gasteiger partial charge in [-0.25, -0.2) is 4.98 Å². The molecule has 0 atom stereocenters. The van der Waals surface area contributed by atoms with Crippen molar-refractivity contribution in [3.63, 3.8) is 0 Å². The Bertz CT molecular complexity index is 1090. The number of nitrogens with zero attached hydrogens (tertiary/aromatic N) is 4. The number of methoxy groups -OCH3 is 2. The van der Waals surface area contributed by atoms with Crippen molar-refractivity contribution < 1.29 is 9.47 Å². The van der Waals surface area contributed by atoms with Crippen LogP contribution in [0.4, 0.5) is 5.82 Å². The Morgan fingerprint density at radius 2 is 1.73 bits per heavy atom. The van der Waals surface area contributed by atoms with Crippen molar-refractivity contribution in [2.45, 2.75) is 13.0 Å². The van der Waals surface area contributed by atoms with E-state index in [1.165, 1.54) is 11.1 Å². The third-order valence-electron chi connectivity index (χ3n) is 5.44. The molecule has 0 aliphatic heterocycles. The van der Waals surface area contributed by atoms with Gasteiger partial charge in [-0.05, 0) is 41.8 Å². The number of guanidine groups is 1. The molecule has 8 heteroatoms. The predicted octanol–water partition coefficient (Wildman–Crippen LogP) is 4.19. The van der Waals surface area contributed by atoms with Gasteiger partial charge in [-0.15, -0.1) is 24.0 Å². The van der Waals surface area contributed by atoms with E-state index in [1.807, 2.05) is 57.4 Å². The summed E-state index contributed by atoms with van der Waals surface area (Å²) < 4.78 is 10.7. The number of fused-ring (bicyclic) bond motifs is 1. The van der Waals surface area contributed by atoms with Gasteiger partial charge >= 0.3 is 0 Å². The Hall–Kier alpha value is -2.75. The number of rotatable bonds is 8. The van der Waals surface area contributed by atoms with Crippen LogP contribution in [-0.2, 0) is 13.0 Å². The van der Waals surface area contributed by atoms with Crippen molar-refractivity contribution in [2.24, 2.45) is 4.99 Å². The molecule has 7 nitrogen and oxygen atoms in total. The summed E-state index contributed by atoms with van der Waals surface area (Å²) in [4.78, 5) is 13.4. The standard InChI is InChI=1S/C25H33N5O2.HI/c1-26-25(30(4)14-13-18-11-12-22(31-5)23(15-18)32-6)27-17-19-16-24(29(2)3)28-21-10-8-7-9-20(19)21;/h7-12,15-16H,13-14,17H2,1-6H3,(H,26,27);1H. The van der Waals surface area contributed by atoms with Gasteiger partial charge in [0.2, 0.25) is 0 Å². The number of aliphatic imine (C=N–C) groups is 1. The quantitative estimate of drug-likeness (QED) is 0.252. The summed E-state index contributed by atoms with van der Waals surface area (Å²) in [6, 6.07) is 16.4. The molecule has 1 N–H and O–H groups in total. The number of ether oxygens (including phenoxy) is 2. The number of pyridine rings is 1. The van der Waals surface area contributed by atoms with Gasteiger partial charge in [0.1, 0.15) is 5.82 Å². The molecule has 0 aliphatic rings. The first-order chi connectivity index (χ1) is 15.5. The molecule has 3 rings (SSSR count). The molecule has 0 saturated heterocycles. The Morgan fingerprint density at radius 1 is 1.00 bits per heavy atom. The topological polar surface area (TPSA) is 62.2 Å². The van der Waals surface area contributed by atoms with E-state index in [-0.39, 0.29) is 24.0 Å². The maximum absolute atomic E-state index is 5.42. The number of benzene rings is 2. The molecule has 178 valence electrons. The van der Waals surface area contributed by atoms with Crippen molar-refractivity contribution in [3.8, 4) is 11.5 Å². The number of hydrogen-bond acceptors (Lipinski definition) is 5. The summed E-state index contributed by atoms with van der Waals surface area (Å²) in [5.74, 6) is 3.27. The van der Waals surface area contributed by atoms with Crippen molar-refractivity contribution >= 4 is 46.7 Å². The lowest BCUT2D eigenvalue weighted by Gasteiger charge is -2.23. The van der Waals surface area contributed by atoms with Crippen LogP contribution in [0.25, 0.3) is 10.9 Å². The van der Waals surface area contributed by atoms with Gasteiger partial charge in [-0.1, -0.05) is 24.3 Å². The second kappa shape index (κ2) is 12.5. The van der Waals surface area contributed by atoms with Crippen LogP contribution in [0, 0.1) is 0 Å². The smallest absolute Gasteiger partial charge is 0.193 e. The number of halogens is 1. The first-order valence-electron chi connectivity index (χ1n) is 10.7. The molecule has 0 aliphatic carbocycles. The van der Waals surface area contributed by atoms with Crippen LogP contribution >= 0.6 is 24.0 Å². The Kier molecular flexibility index (Phi) is 10.0. The third kappa shape index (κ3) is 6.63. The summed E-state index contributed by atoms with van der Waals surface area (Å²) >= 11 is 0. The summed E-state index contributed by atoms with van der Waals surface area (Å²) in [6.45, 7) is 1.48. The van der Waals surface area contributed by atoms with E-state index < -0.39 is 0 Å². The van der Waals surface area contributed by atoms with Crippen LogP contribution in [0.5, 0.6) is 11.5 Å². The fourth-order valence-electron chi connectivity index (χ4n) is 3.61. The van der Waals surface area contributed by atoms with E-state index in [1.54, 1.807) is 14.2 Å². The van der Waals surface area contributed by atoms with Crippen molar-refractivity contribution in [1.29, 1.82) is 0 Å². The van der Waals surface area contributed by atoms with E-state index >= 15 is 0 Å². The molecule has 0 bridgehead atoms. The Labute approximate surface area is 213 Å². The predicted molar refractivity (Wildman–Crippen MR) is 148 cm³/mol. The highest BCUT2D eigenvalue weighted by molar-refractivity contribution is 14.0. The number of aromatic nitrogens is 1. The van der Waals surface area contributed by atoms with Crippen molar-refractivity contribution in [3.05, 3.63) is 59.7 Å². The lowest BCUT2D eigenvalue weighted by atomic mass is 10.1. The molecule has 33 heavy (non-hydrogen) atoms.